The summed E-state index contributed by atoms with van der Waals surface area (Å²) in [6.45, 7) is 0. The van der Waals surface area contributed by atoms with Crippen LogP contribution in [0.3, 0.4) is 0 Å². The van der Waals surface area contributed by atoms with Crippen molar-refractivity contribution in [1.82, 2.24) is 9.97 Å². The van der Waals surface area contributed by atoms with Crippen molar-refractivity contribution >= 4 is 0 Å². The van der Waals surface area contributed by atoms with Gasteiger partial charge in [0.15, 0.2) is 5.82 Å². The highest BCUT2D eigenvalue weighted by Crippen LogP contribution is 2.64. The van der Waals surface area contributed by atoms with Gasteiger partial charge in [-0.3, -0.25) is 0 Å². The quantitative estimate of drug-likeness (QED) is 0.168. The third-order valence-corrected chi connectivity index (χ3v) is 12.7. The molecule has 9 aromatic carbocycles. The van der Waals surface area contributed by atoms with Gasteiger partial charge in [0.1, 0.15) is 0 Å². The van der Waals surface area contributed by atoms with Crippen molar-refractivity contribution in [1.29, 1.82) is 0 Å². The normalized spacial score (nSPS) is 12.7. The summed E-state index contributed by atoms with van der Waals surface area (Å²) in [6, 6.07) is 83.4. The fourth-order valence-electron chi connectivity index (χ4n) is 10.0. The average Bonchev–Trinajstić information content (AvgIpc) is 3.82. The zero-order valence-electron chi connectivity index (χ0n) is 33.3. The highest BCUT2D eigenvalue weighted by molar-refractivity contribution is 5.99. The Bertz CT molecular complexity index is 3210. The second-order valence-electron chi connectivity index (χ2n) is 16.0. The van der Waals surface area contributed by atoms with E-state index in [1.165, 1.54) is 72.3 Å². The van der Waals surface area contributed by atoms with Gasteiger partial charge >= 0.3 is 0 Å². The van der Waals surface area contributed by atoms with E-state index in [1.807, 2.05) is 24.3 Å². The molecule has 2 heteroatoms. The van der Waals surface area contributed by atoms with Gasteiger partial charge in [0.2, 0.25) is 0 Å². The molecule has 2 aliphatic rings. The molecule has 0 amide bonds. The Morgan fingerprint density at radius 1 is 0.246 bits per heavy atom. The Hall–Kier alpha value is -7.94. The van der Waals surface area contributed by atoms with E-state index in [-0.39, 0.29) is 0 Å². The summed E-state index contributed by atoms with van der Waals surface area (Å²) in [4.78, 5) is 10.2. The van der Waals surface area contributed by atoms with Crippen LogP contribution in [0.25, 0.3) is 89.5 Å². The minimum absolute atomic E-state index is 0.410. The standard InChI is InChI=1S/C59H38N2/c1-3-15-39(16-4-1)40-29-33-42(34-30-40)55-38-56(61-58(60-55)44-17-5-2-6-18-44)43-35-31-41(32-36-43)45-19-13-20-46(37-45)47-24-14-25-51-50-23-9-12-28-54(50)59(57(47)51)52-26-10-7-21-48(52)49-22-8-11-27-53(49)59/h1-38H. The summed E-state index contributed by atoms with van der Waals surface area (Å²) < 4.78 is 0. The minimum Gasteiger partial charge on any atom is -0.228 e. The third-order valence-electron chi connectivity index (χ3n) is 12.7. The zero-order valence-corrected chi connectivity index (χ0v) is 33.3. The van der Waals surface area contributed by atoms with E-state index in [4.69, 9.17) is 9.97 Å². The maximum Gasteiger partial charge on any atom is 0.160 e. The molecule has 0 N–H and O–H groups in total. The van der Waals surface area contributed by atoms with E-state index >= 15 is 0 Å². The van der Waals surface area contributed by atoms with Crippen molar-refractivity contribution < 1.29 is 0 Å². The van der Waals surface area contributed by atoms with Crippen LogP contribution in [0.4, 0.5) is 0 Å². The molecule has 0 radical (unpaired) electrons. The van der Waals surface area contributed by atoms with E-state index in [9.17, 15) is 0 Å². The van der Waals surface area contributed by atoms with Crippen molar-refractivity contribution in [3.8, 4) is 89.5 Å². The molecule has 0 saturated heterocycles. The Morgan fingerprint density at radius 3 is 1.20 bits per heavy atom. The van der Waals surface area contributed by atoms with Crippen LogP contribution in [0.15, 0.2) is 231 Å². The molecule has 0 atom stereocenters. The molecule has 1 heterocycles. The molecule has 0 bridgehead atoms. The highest BCUT2D eigenvalue weighted by atomic mass is 14.9. The van der Waals surface area contributed by atoms with Crippen LogP contribution in [0.5, 0.6) is 0 Å². The van der Waals surface area contributed by atoms with Crippen LogP contribution in [-0.2, 0) is 5.41 Å². The number of nitrogens with zero attached hydrogens (tertiary/aromatic N) is 2. The molecule has 284 valence electrons. The molecule has 0 fully saturated rings. The molecule has 2 nitrogen and oxygen atoms in total. The highest BCUT2D eigenvalue weighted by Gasteiger charge is 2.52. The largest absolute Gasteiger partial charge is 0.228 e. The first-order valence-electron chi connectivity index (χ1n) is 21.0. The van der Waals surface area contributed by atoms with E-state index in [0.29, 0.717) is 5.82 Å². The first kappa shape index (κ1) is 35.0. The summed E-state index contributed by atoms with van der Waals surface area (Å²) in [5, 5.41) is 0. The lowest BCUT2D eigenvalue weighted by Crippen LogP contribution is -2.26. The number of hydrogen-bond donors (Lipinski definition) is 0. The van der Waals surface area contributed by atoms with Gasteiger partial charge in [0.05, 0.1) is 16.8 Å². The lowest BCUT2D eigenvalue weighted by atomic mass is 9.68. The van der Waals surface area contributed by atoms with Crippen LogP contribution in [0.2, 0.25) is 0 Å². The molecule has 1 spiro atoms. The Kier molecular flexibility index (Phi) is 8.11. The maximum atomic E-state index is 5.13. The Morgan fingerprint density at radius 2 is 0.623 bits per heavy atom. The first-order valence-corrected chi connectivity index (χ1v) is 21.0. The lowest BCUT2D eigenvalue weighted by Gasteiger charge is -2.32. The molecule has 1 aromatic heterocycles. The first-order chi connectivity index (χ1) is 30.2. The summed E-state index contributed by atoms with van der Waals surface area (Å²) in [7, 11) is 0. The summed E-state index contributed by atoms with van der Waals surface area (Å²) in [5.74, 6) is 0.708. The predicted molar refractivity (Wildman–Crippen MR) is 251 cm³/mol. The number of benzene rings is 9. The zero-order chi connectivity index (χ0) is 40.3. The molecule has 0 unspecified atom stereocenters. The number of fused-ring (bicyclic) bond motifs is 10. The Balaban J connectivity index is 0.940. The fourth-order valence-corrected chi connectivity index (χ4v) is 10.0. The molecule has 61 heavy (non-hydrogen) atoms. The van der Waals surface area contributed by atoms with E-state index in [1.54, 1.807) is 0 Å². The van der Waals surface area contributed by atoms with Gasteiger partial charge in [-0.1, -0.05) is 218 Å². The molecule has 0 aliphatic heterocycles. The maximum absolute atomic E-state index is 5.13. The summed E-state index contributed by atoms with van der Waals surface area (Å²) >= 11 is 0. The average molecular weight is 775 g/mol. The van der Waals surface area contributed by atoms with Gasteiger partial charge in [-0.2, -0.15) is 0 Å². The SMILES string of the molecule is c1ccc(-c2ccc(-c3cc(-c4ccc(-c5cccc(-c6cccc7c6C6(c8ccccc8-c8ccccc86)c6ccccc6-7)c5)cc4)nc(-c4ccccc4)n3)cc2)cc1. The lowest BCUT2D eigenvalue weighted by molar-refractivity contribution is 0.796. The van der Waals surface area contributed by atoms with Crippen molar-refractivity contribution in [2.75, 3.05) is 0 Å². The topological polar surface area (TPSA) is 25.8 Å². The van der Waals surface area contributed by atoms with Gasteiger partial charge in [-0.15, -0.1) is 0 Å². The number of hydrogen-bond acceptors (Lipinski definition) is 2. The minimum atomic E-state index is -0.410. The van der Waals surface area contributed by atoms with Crippen LogP contribution in [0.1, 0.15) is 22.3 Å². The molecule has 2 aliphatic carbocycles. The van der Waals surface area contributed by atoms with Gasteiger partial charge < -0.3 is 0 Å². The van der Waals surface area contributed by atoms with Crippen molar-refractivity contribution in [2.45, 2.75) is 5.41 Å². The Labute approximate surface area is 356 Å². The fraction of sp³-hybridized carbons (Fsp3) is 0.0169. The summed E-state index contributed by atoms with van der Waals surface area (Å²) in [5.41, 5.74) is 22.3. The second-order valence-corrected chi connectivity index (χ2v) is 16.0. The van der Waals surface area contributed by atoms with E-state index < -0.39 is 5.41 Å². The molecular weight excluding hydrogens is 737 g/mol. The number of rotatable bonds is 6. The van der Waals surface area contributed by atoms with E-state index in [2.05, 4.69) is 206 Å². The van der Waals surface area contributed by atoms with Gasteiger partial charge in [0.25, 0.3) is 0 Å². The molecule has 0 saturated carbocycles. The van der Waals surface area contributed by atoms with Gasteiger partial charge in [-0.05, 0) is 90.0 Å². The van der Waals surface area contributed by atoms with Crippen LogP contribution in [0, 0.1) is 0 Å². The van der Waals surface area contributed by atoms with E-state index in [0.717, 1.165) is 33.6 Å². The smallest absolute Gasteiger partial charge is 0.160 e. The van der Waals surface area contributed by atoms with Crippen molar-refractivity contribution in [3.05, 3.63) is 253 Å². The van der Waals surface area contributed by atoms with Gasteiger partial charge in [-0.25, -0.2) is 9.97 Å². The van der Waals surface area contributed by atoms with Crippen LogP contribution < -0.4 is 0 Å². The van der Waals surface area contributed by atoms with Crippen LogP contribution >= 0.6 is 0 Å². The molecule has 12 rings (SSSR count). The molecule has 10 aromatic rings. The van der Waals surface area contributed by atoms with Crippen molar-refractivity contribution in [2.24, 2.45) is 0 Å². The van der Waals surface area contributed by atoms with Gasteiger partial charge in [0, 0.05) is 16.7 Å². The second kappa shape index (κ2) is 14.1. The predicted octanol–water partition coefficient (Wildman–Crippen LogP) is 14.8. The molecular formula is C59H38N2. The van der Waals surface area contributed by atoms with Crippen LogP contribution in [-0.4, -0.2) is 9.97 Å². The van der Waals surface area contributed by atoms with Crippen molar-refractivity contribution in [3.63, 3.8) is 0 Å². The monoisotopic (exact) mass is 774 g/mol. The number of aromatic nitrogens is 2. The third kappa shape index (κ3) is 5.57. The summed E-state index contributed by atoms with van der Waals surface area (Å²) in [6.07, 6.45) is 0.